The van der Waals surface area contributed by atoms with E-state index in [-0.39, 0.29) is 17.1 Å². The highest BCUT2D eigenvalue weighted by Gasteiger charge is 2.15. The van der Waals surface area contributed by atoms with Gasteiger partial charge < -0.3 is 4.74 Å². The Kier molecular flexibility index (Phi) is 7.34. The van der Waals surface area contributed by atoms with Crippen LogP contribution in [0.15, 0.2) is 77.7 Å². The number of anilines is 1. The number of rotatable bonds is 7. The first kappa shape index (κ1) is 23.1. The van der Waals surface area contributed by atoms with Gasteiger partial charge in [-0.25, -0.2) is 8.42 Å². The topological polar surface area (TPSA) is 114 Å². The molecule has 0 fully saturated rings. The highest BCUT2D eigenvalue weighted by molar-refractivity contribution is 7.92. The third kappa shape index (κ3) is 6.47. The van der Waals surface area contributed by atoms with E-state index in [1.807, 2.05) is 6.92 Å². The van der Waals surface area contributed by atoms with Crippen molar-refractivity contribution in [2.45, 2.75) is 11.8 Å². The fraction of sp³-hybridized carbons (Fsp3) is 0.0909. The molecule has 0 spiro atoms. The van der Waals surface area contributed by atoms with Gasteiger partial charge in [-0.2, -0.15) is 0 Å². The molecule has 8 nitrogen and oxygen atoms in total. The van der Waals surface area contributed by atoms with Gasteiger partial charge in [-0.05, 0) is 67.6 Å². The molecule has 3 aromatic rings. The Morgan fingerprint density at radius 1 is 0.875 bits per heavy atom. The molecule has 3 N–H and O–H groups in total. The third-order valence-corrected chi connectivity index (χ3v) is 5.88. The van der Waals surface area contributed by atoms with Gasteiger partial charge in [0, 0.05) is 16.3 Å². The molecule has 166 valence electrons. The summed E-state index contributed by atoms with van der Waals surface area (Å²) in [5, 5.41) is 0.541. The summed E-state index contributed by atoms with van der Waals surface area (Å²) in [5.74, 6) is -0.734. The van der Waals surface area contributed by atoms with Gasteiger partial charge in [0.2, 0.25) is 0 Å². The lowest BCUT2D eigenvalue weighted by atomic mass is 10.2. The average Bonchev–Trinajstić information content (AvgIpc) is 2.78. The van der Waals surface area contributed by atoms with Crippen molar-refractivity contribution in [3.05, 3.63) is 88.9 Å². The second-order valence-electron chi connectivity index (χ2n) is 6.74. The van der Waals surface area contributed by atoms with Crippen molar-refractivity contribution in [3.8, 4) is 5.75 Å². The number of hydrogen-bond donors (Lipinski definition) is 3. The molecular formula is C22H20ClN3O5S. The molecule has 0 saturated carbocycles. The summed E-state index contributed by atoms with van der Waals surface area (Å²) in [6, 6.07) is 18.7. The summed E-state index contributed by atoms with van der Waals surface area (Å²) in [7, 11) is -3.81. The van der Waals surface area contributed by atoms with Crippen molar-refractivity contribution >= 4 is 39.1 Å². The second-order valence-corrected chi connectivity index (χ2v) is 8.86. The molecule has 0 saturated heterocycles. The lowest BCUT2D eigenvalue weighted by Crippen LogP contribution is -2.43. The molecule has 32 heavy (non-hydrogen) atoms. The molecule has 0 radical (unpaired) electrons. The van der Waals surface area contributed by atoms with Gasteiger partial charge in [0.1, 0.15) is 5.75 Å². The third-order valence-electron chi connectivity index (χ3n) is 4.23. The molecule has 0 atom stereocenters. The predicted octanol–water partition coefficient (Wildman–Crippen LogP) is 3.29. The van der Waals surface area contributed by atoms with Crippen molar-refractivity contribution in [3.63, 3.8) is 0 Å². The van der Waals surface area contributed by atoms with Crippen molar-refractivity contribution in [1.29, 1.82) is 0 Å². The van der Waals surface area contributed by atoms with Crippen molar-refractivity contribution in [2.75, 3.05) is 11.3 Å². The first-order chi connectivity index (χ1) is 15.2. The van der Waals surface area contributed by atoms with E-state index in [2.05, 4.69) is 15.6 Å². The van der Waals surface area contributed by atoms with Crippen LogP contribution in [0.25, 0.3) is 0 Å². The van der Waals surface area contributed by atoms with Gasteiger partial charge in [0.05, 0.1) is 4.90 Å². The lowest BCUT2D eigenvalue weighted by Gasteiger charge is -2.10. The number of halogens is 1. The van der Waals surface area contributed by atoms with E-state index < -0.39 is 21.8 Å². The van der Waals surface area contributed by atoms with E-state index in [4.69, 9.17) is 16.3 Å². The van der Waals surface area contributed by atoms with E-state index in [0.29, 0.717) is 16.5 Å². The Bertz CT molecular complexity index is 1200. The number of sulfonamides is 1. The molecular weight excluding hydrogens is 454 g/mol. The van der Waals surface area contributed by atoms with Crippen molar-refractivity contribution in [2.24, 2.45) is 0 Å². The minimum atomic E-state index is -3.81. The summed E-state index contributed by atoms with van der Waals surface area (Å²) in [5.41, 5.74) is 6.07. The van der Waals surface area contributed by atoms with Crippen molar-refractivity contribution < 1.29 is 22.7 Å². The molecule has 3 aromatic carbocycles. The van der Waals surface area contributed by atoms with E-state index in [1.165, 1.54) is 24.3 Å². The SMILES string of the molecule is Cc1ccc(NS(=O)(=O)c2ccc(C(=O)NNC(=O)COc3ccc(Cl)cc3)cc2)cc1. The quantitative estimate of drug-likeness (QED) is 0.456. The van der Waals surface area contributed by atoms with Gasteiger partial charge in [0.25, 0.3) is 21.8 Å². The highest BCUT2D eigenvalue weighted by atomic mass is 35.5. The first-order valence-corrected chi connectivity index (χ1v) is 11.3. The average molecular weight is 474 g/mol. The van der Waals surface area contributed by atoms with E-state index >= 15 is 0 Å². The van der Waals surface area contributed by atoms with Crippen LogP contribution in [0.3, 0.4) is 0 Å². The van der Waals surface area contributed by atoms with E-state index in [9.17, 15) is 18.0 Å². The molecule has 2 amide bonds. The molecule has 10 heteroatoms. The number of amides is 2. The summed E-state index contributed by atoms with van der Waals surface area (Å²) in [4.78, 5) is 24.0. The lowest BCUT2D eigenvalue weighted by molar-refractivity contribution is -0.123. The second kappa shape index (κ2) is 10.2. The zero-order valence-corrected chi connectivity index (χ0v) is 18.5. The van der Waals surface area contributed by atoms with Crippen LogP contribution in [0.1, 0.15) is 15.9 Å². The number of hydrazine groups is 1. The summed E-state index contributed by atoms with van der Waals surface area (Å²) < 4.78 is 32.7. The molecule has 0 aromatic heterocycles. The number of ether oxygens (including phenoxy) is 1. The number of hydrogen-bond acceptors (Lipinski definition) is 5. The van der Waals surface area contributed by atoms with E-state index in [1.54, 1.807) is 48.5 Å². The monoisotopic (exact) mass is 473 g/mol. The highest BCUT2D eigenvalue weighted by Crippen LogP contribution is 2.17. The van der Waals surface area contributed by atoms with Crippen LogP contribution in [0, 0.1) is 6.92 Å². The van der Waals surface area contributed by atoms with Crippen LogP contribution in [0.5, 0.6) is 5.75 Å². The van der Waals surface area contributed by atoms with Gasteiger partial charge in [-0.15, -0.1) is 0 Å². The van der Waals surface area contributed by atoms with Gasteiger partial charge in [-0.1, -0.05) is 29.3 Å². The smallest absolute Gasteiger partial charge is 0.276 e. The summed E-state index contributed by atoms with van der Waals surface area (Å²) >= 11 is 5.77. The van der Waals surface area contributed by atoms with Crippen LogP contribution in [-0.4, -0.2) is 26.8 Å². The van der Waals surface area contributed by atoms with Gasteiger partial charge in [-0.3, -0.25) is 25.2 Å². The molecule has 0 aliphatic heterocycles. The fourth-order valence-electron chi connectivity index (χ4n) is 2.54. The maximum Gasteiger partial charge on any atom is 0.276 e. The van der Waals surface area contributed by atoms with Gasteiger partial charge in [0.15, 0.2) is 6.61 Å². The number of carbonyl (C=O) groups is 2. The molecule has 0 heterocycles. The normalized spacial score (nSPS) is 10.8. The predicted molar refractivity (Wildman–Crippen MR) is 121 cm³/mol. The fourth-order valence-corrected chi connectivity index (χ4v) is 3.72. The summed E-state index contributed by atoms with van der Waals surface area (Å²) in [6.45, 7) is 1.58. The molecule has 0 bridgehead atoms. The van der Waals surface area contributed by atoms with Crippen LogP contribution in [0.2, 0.25) is 5.02 Å². The molecule has 0 unspecified atom stereocenters. The van der Waals surface area contributed by atoms with Crippen LogP contribution < -0.4 is 20.3 Å². The maximum absolute atomic E-state index is 12.5. The Balaban J connectivity index is 1.52. The van der Waals surface area contributed by atoms with Gasteiger partial charge >= 0.3 is 0 Å². The first-order valence-electron chi connectivity index (χ1n) is 9.40. The summed E-state index contributed by atoms with van der Waals surface area (Å²) in [6.07, 6.45) is 0. The van der Waals surface area contributed by atoms with Crippen LogP contribution in [-0.2, 0) is 14.8 Å². The zero-order chi connectivity index (χ0) is 23.1. The minimum Gasteiger partial charge on any atom is -0.484 e. The Morgan fingerprint density at radius 3 is 2.12 bits per heavy atom. The Morgan fingerprint density at radius 2 is 1.50 bits per heavy atom. The number of aryl methyl sites for hydroxylation is 1. The van der Waals surface area contributed by atoms with Crippen LogP contribution >= 0.6 is 11.6 Å². The minimum absolute atomic E-state index is 0.00461. The zero-order valence-electron chi connectivity index (χ0n) is 17.0. The molecule has 0 aliphatic rings. The standard InChI is InChI=1S/C22H20ClN3O5S/c1-15-2-8-18(9-3-15)26-32(29,30)20-12-4-16(5-13-20)22(28)25-24-21(27)14-31-19-10-6-17(23)7-11-19/h2-13,26H,14H2,1H3,(H,24,27)(H,25,28). The maximum atomic E-state index is 12.5. The van der Waals surface area contributed by atoms with Crippen LogP contribution in [0.4, 0.5) is 5.69 Å². The number of carbonyl (C=O) groups excluding carboxylic acids is 2. The Labute approximate surface area is 190 Å². The largest absolute Gasteiger partial charge is 0.484 e. The molecule has 0 aliphatic carbocycles. The number of benzene rings is 3. The van der Waals surface area contributed by atoms with Crippen molar-refractivity contribution in [1.82, 2.24) is 10.9 Å². The van der Waals surface area contributed by atoms with E-state index in [0.717, 1.165) is 5.56 Å². The molecule has 3 rings (SSSR count). The Hall–Kier alpha value is -3.56. The number of nitrogens with one attached hydrogen (secondary N) is 3.